The first-order chi connectivity index (χ1) is 15.6. The number of nitrogens with zero attached hydrogens (tertiary/aromatic N) is 3. The van der Waals surface area contributed by atoms with Gasteiger partial charge in [0.05, 0.1) is 17.9 Å². The Labute approximate surface area is 183 Å². The van der Waals surface area contributed by atoms with Crippen molar-refractivity contribution in [2.75, 3.05) is 0 Å². The molecule has 10 heteroatoms. The zero-order chi connectivity index (χ0) is 23.8. The average Bonchev–Trinajstić information content (AvgIpc) is 3.16. The maximum atomic E-state index is 13.6. The maximum absolute atomic E-state index is 13.6. The molecule has 0 aliphatic rings. The van der Waals surface area contributed by atoms with Gasteiger partial charge in [-0.1, -0.05) is 36.1 Å². The van der Waals surface area contributed by atoms with Crippen LogP contribution in [0.2, 0.25) is 0 Å². The summed E-state index contributed by atoms with van der Waals surface area (Å²) in [4.78, 5) is 4.19. The summed E-state index contributed by atoms with van der Waals surface area (Å²) in [7, 11) is 0. The fourth-order valence-electron chi connectivity index (χ4n) is 3.06. The van der Waals surface area contributed by atoms with Crippen LogP contribution in [-0.2, 0) is 19.0 Å². The van der Waals surface area contributed by atoms with Crippen molar-refractivity contribution in [3.8, 4) is 23.1 Å². The van der Waals surface area contributed by atoms with Crippen molar-refractivity contribution in [2.24, 2.45) is 0 Å². The zero-order valence-corrected chi connectivity index (χ0v) is 16.5. The van der Waals surface area contributed by atoms with E-state index in [4.69, 9.17) is 5.11 Å². The molecular formula is C23H13F6N3O. The molecule has 0 amide bonds. The van der Waals surface area contributed by atoms with Crippen molar-refractivity contribution in [3.63, 3.8) is 0 Å². The predicted molar refractivity (Wildman–Crippen MR) is 107 cm³/mol. The molecule has 4 rings (SSSR count). The third-order valence-corrected chi connectivity index (χ3v) is 4.73. The lowest BCUT2D eigenvalue weighted by molar-refractivity contribution is -0.141. The van der Waals surface area contributed by atoms with Crippen LogP contribution in [0.1, 0.15) is 27.9 Å². The van der Waals surface area contributed by atoms with E-state index < -0.39 is 29.2 Å². The van der Waals surface area contributed by atoms with E-state index >= 15 is 0 Å². The minimum absolute atomic E-state index is 0.167. The molecule has 0 bridgehead atoms. The van der Waals surface area contributed by atoms with Crippen molar-refractivity contribution in [1.29, 1.82) is 0 Å². The summed E-state index contributed by atoms with van der Waals surface area (Å²) in [5, 5.41) is 12.6. The van der Waals surface area contributed by atoms with Crippen molar-refractivity contribution in [3.05, 3.63) is 88.7 Å². The fraction of sp³-hybridized carbons (Fsp3) is 0.130. The van der Waals surface area contributed by atoms with E-state index in [0.717, 1.165) is 16.6 Å². The van der Waals surface area contributed by atoms with Gasteiger partial charge in [-0.05, 0) is 35.9 Å². The Balaban J connectivity index is 1.81. The maximum Gasteiger partial charge on any atom is 0.436 e. The SMILES string of the molecule is OCc1ccc(C#Cc2c(C(F)(F)F)nn3ccc(-c4ccc(C(F)(F)F)cc4)nc23)cc1. The van der Waals surface area contributed by atoms with Crippen LogP contribution >= 0.6 is 0 Å². The topological polar surface area (TPSA) is 50.4 Å². The van der Waals surface area contributed by atoms with Gasteiger partial charge in [-0.2, -0.15) is 31.4 Å². The quantitative estimate of drug-likeness (QED) is 0.325. The van der Waals surface area contributed by atoms with Crippen molar-refractivity contribution < 1.29 is 31.4 Å². The summed E-state index contributed by atoms with van der Waals surface area (Å²) >= 11 is 0. The van der Waals surface area contributed by atoms with Gasteiger partial charge < -0.3 is 5.11 Å². The summed E-state index contributed by atoms with van der Waals surface area (Å²) in [5.41, 5.74) is -1.22. The summed E-state index contributed by atoms with van der Waals surface area (Å²) in [6.45, 7) is -0.184. The lowest BCUT2D eigenvalue weighted by Crippen LogP contribution is -2.08. The second-order valence-electron chi connectivity index (χ2n) is 6.98. The highest BCUT2D eigenvalue weighted by atomic mass is 19.4. The predicted octanol–water partition coefficient (Wildman–Crippen LogP) is 5.33. The molecule has 0 radical (unpaired) electrons. The number of alkyl halides is 6. The number of hydrogen-bond donors (Lipinski definition) is 1. The van der Waals surface area contributed by atoms with Gasteiger partial charge in [0.25, 0.3) is 0 Å². The Hall–Kier alpha value is -3.84. The van der Waals surface area contributed by atoms with Crippen LogP contribution in [0.25, 0.3) is 16.9 Å². The van der Waals surface area contributed by atoms with Crippen LogP contribution in [0.15, 0.2) is 60.8 Å². The van der Waals surface area contributed by atoms with Crippen LogP contribution in [0.5, 0.6) is 0 Å². The molecule has 2 heterocycles. The van der Waals surface area contributed by atoms with Gasteiger partial charge >= 0.3 is 12.4 Å². The summed E-state index contributed by atoms with van der Waals surface area (Å²) < 4.78 is 80.1. The first-order valence-corrected chi connectivity index (χ1v) is 9.42. The van der Waals surface area contributed by atoms with Gasteiger partial charge in [-0.3, -0.25) is 0 Å². The molecule has 4 aromatic rings. The molecule has 0 aliphatic heterocycles. The van der Waals surface area contributed by atoms with E-state index in [0.29, 0.717) is 16.7 Å². The second kappa shape index (κ2) is 8.26. The highest BCUT2D eigenvalue weighted by molar-refractivity contribution is 5.67. The second-order valence-corrected chi connectivity index (χ2v) is 6.98. The first kappa shape index (κ1) is 22.4. The number of benzene rings is 2. The van der Waals surface area contributed by atoms with E-state index in [9.17, 15) is 26.3 Å². The van der Waals surface area contributed by atoms with Crippen LogP contribution < -0.4 is 0 Å². The zero-order valence-electron chi connectivity index (χ0n) is 16.5. The molecule has 0 spiro atoms. The van der Waals surface area contributed by atoms with Crippen LogP contribution in [0.3, 0.4) is 0 Å². The van der Waals surface area contributed by atoms with E-state index in [1.54, 1.807) is 24.3 Å². The molecule has 0 saturated heterocycles. The molecule has 168 valence electrons. The normalized spacial score (nSPS) is 12.0. The lowest BCUT2D eigenvalue weighted by Gasteiger charge is -2.07. The molecule has 4 nitrogen and oxygen atoms in total. The number of fused-ring (bicyclic) bond motifs is 1. The molecular weight excluding hydrogens is 448 g/mol. The lowest BCUT2D eigenvalue weighted by atomic mass is 10.1. The Morgan fingerprint density at radius 3 is 2.06 bits per heavy atom. The molecule has 0 unspecified atom stereocenters. The van der Waals surface area contributed by atoms with Gasteiger partial charge in [0.15, 0.2) is 11.3 Å². The third kappa shape index (κ3) is 4.68. The van der Waals surface area contributed by atoms with E-state index in [2.05, 4.69) is 21.9 Å². The minimum Gasteiger partial charge on any atom is -0.392 e. The number of aliphatic hydroxyl groups is 1. The van der Waals surface area contributed by atoms with Crippen molar-refractivity contribution in [2.45, 2.75) is 19.0 Å². The van der Waals surface area contributed by atoms with Gasteiger partial charge in [0.2, 0.25) is 0 Å². The number of hydrogen-bond acceptors (Lipinski definition) is 3. The standard InChI is InChI=1S/C23H13F6N3O/c24-22(25,26)17-8-6-16(7-9-17)19-11-12-32-21(30-19)18(20(31-32)23(27,28)29)10-5-14-1-3-15(13-33)4-2-14/h1-4,6-9,11-12,33H,13H2. The Kier molecular flexibility index (Phi) is 5.59. The fourth-order valence-corrected chi connectivity index (χ4v) is 3.06. The third-order valence-electron chi connectivity index (χ3n) is 4.73. The monoisotopic (exact) mass is 461 g/mol. The molecule has 2 aromatic heterocycles. The highest BCUT2D eigenvalue weighted by Gasteiger charge is 2.38. The molecule has 1 N–H and O–H groups in total. The van der Waals surface area contributed by atoms with Crippen molar-refractivity contribution in [1.82, 2.24) is 14.6 Å². The number of halogens is 6. The van der Waals surface area contributed by atoms with Crippen LogP contribution in [0.4, 0.5) is 26.3 Å². The van der Waals surface area contributed by atoms with Gasteiger partial charge in [0, 0.05) is 17.3 Å². The molecule has 0 aliphatic carbocycles. The molecule has 0 atom stereocenters. The minimum atomic E-state index is -4.80. The highest BCUT2D eigenvalue weighted by Crippen LogP contribution is 2.33. The number of aliphatic hydroxyl groups excluding tert-OH is 1. The number of rotatable bonds is 2. The Bertz CT molecular complexity index is 1360. The number of aromatic nitrogens is 3. The summed E-state index contributed by atoms with van der Waals surface area (Å²) in [5.74, 6) is 5.11. The van der Waals surface area contributed by atoms with Crippen LogP contribution in [-0.4, -0.2) is 19.7 Å². The van der Waals surface area contributed by atoms with Gasteiger partial charge in [-0.25, -0.2) is 9.50 Å². The van der Waals surface area contributed by atoms with E-state index in [-0.39, 0.29) is 17.9 Å². The van der Waals surface area contributed by atoms with E-state index in [1.165, 1.54) is 24.4 Å². The van der Waals surface area contributed by atoms with Crippen molar-refractivity contribution >= 4 is 5.65 Å². The molecule has 2 aromatic carbocycles. The Morgan fingerprint density at radius 1 is 0.818 bits per heavy atom. The summed E-state index contributed by atoms with van der Waals surface area (Å²) in [6, 6.07) is 11.8. The summed E-state index contributed by atoms with van der Waals surface area (Å²) in [6.07, 6.45) is -8.07. The van der Waals surface area contributed by atoms with Crippen LogP contribution in [0, 0.1) is 11.8 Å². The molecule has 33 heavy (non-hydrogen) atoms. The largest absolute Gasteiger partial charge is 0.436 e. The first-order valence-electron chi connectivity index (χ1n) is 9.42. The molecule has 0 fully saturated rings. The smallest absolute Gasteiger partial charge is 0.392 e. The van der Waals surface area contributed by atoms with E-state index in [1.807, 2.05) is 0 Å². The molecule has 0 saturated carbocycles. The average molecular weight is 461 g/mol. The Morgan fingerprint density at radius 2 is 1.48 bits per heavy atom. The van der Waals surface area contributed by atoms with Gasteiger partial charge in [0.1, 0.15) is 5.56 Å². The van der Waals surface area contributed by atoms with Gasteiger partial charge in [-0.15, -0.1) is 0 Å².